The van der Waals surface area contributed by atoms with E-state index in [0.717, 1.165) is 25.9 Å². The highest BCUT2D eigenvalue weighted by molar-refractivity contribution is 5.29. The first kappa shape index (κ1) is 15.4. The first-order chi connectivity index (χ1) is 9.35. The number of hydrogen-bond acceptors (Lipinski definition) is 2. The number of halogens is 2. The Kier molecular flexibility index (Phi) is 4.45. The van der Waals surface area contributed by atoms with Crippen LogP contribution >= 0.6 is 0 Å². The van der Waals surface area contributed by atoms with Crippen molar-refractivity contribution in [1.29, 1.82) is 0 Å². The normalized spacial score (nSPS) is 19.1. The van der Waals surface area contributed by atoms with E-state index in [2.05, 4.69) is 4.90 Å². The molecule has 0 radical (unpaired) electrons. The molecule has 0 bridgehead atoms. The molecule has 1 atom stereocenters. The van der Waals surface area contributed by atoms with Gasteiger partial charge in [0, 0.05) is 11.1 Å². The standard InChI is InChI=1S/C16H24F2N2/c1-11-7-8-12(14(18)13(11)17)15(19)16(2,3)20-9-5-4-6-10-20/h7-8,15H,4-6,9-10,19H2,1-3H3. The first-order valence-corrected chi connectivity index (χ1v) is 7.31. The van der Waals surface area contributed by atoms with Crippen LogP contribution in [-0.4, -0.2) is 23.5 Å². The van der Waals surface area contributed by atoms with Gasteiger partial charge in [0.05, 0.1) is 6.04 Å². The van der Waals surface area contributed by atoms with Crippen LogP contribution in [0.1, 0.15) is 50.3 Å². The molecule has 0 spiro atoms. The van der Waals surface area contributed by atoms with Crippen molar-refractivity contribution in [3.05, 3.63) is 34.9 Å². The van der Waals surface area contributed by atoms with Crippen molar-refractivity contribution in [2.24, 2.45) is 5.73 Å². The van der Waals surface area contributed by atoms with E-state index in [1.54, 1.807) is 19.1 Å². The molecule has 1 aromatic rings. The Morgan fingerprint density at radius 1 is 1.10 bits per heavy atom. The SMILES string of the molecule is Cc1ccc(C(N)C(C)(C)N2CCCCC2)c(F)c1F. The topological polar surface area (TPSA) is 29.3 Å². The molecule has 0 aromatic heterocycles. The lowest BCUT2D eigenvalue weighted by Gasteiger charge is -2.44. The average molecular weight is 282 g/mol. The van der Waals surface area contributed by atoms with E-state index in [1.807, 2.05) is 13.8 Å². The van der Waals surface area contributed by atoms with Crippen LogP contribution < -0.4 is 5.73 Å². The fraction of sp³-hybridized carbons (Fsp3) is 0.625. The minimum absolute atomic E-state index is 0.267. The van der Waals surface area contributed by atoms with E-state index in [-0.39, 0.29) is 11.1 Å². The number of hydrogen-bond donors (Lipinski definition) is 1. The van der Waals surface area contributed by atoms with Gasteiger partial charge in [-0.3, -0.25) is 4.90 Å². The van der Waals surface area contributed by atoms with Crippen LogP contribution in [-0.2, 0) is 0 Å². The Bertz CT molecular complexity index is 480. The quantitative estimate of drug-likeness (QED) is 0.919. The van der Waals surface area contributed by atoms with Crippen molar-refractivity contribution in [1.82, 2.24) is 4.90 Å². The summed E-state index contributed by atoms with van der Waals surface area (Å²) in [5.41, 5.74) is 6.47. The van der Waals surface area contributed by atoms with Gasteiger partial charge in [0.2, 0.25) is 0 Å². The van der Waals surface area contributed by atoms with Crippen molar-refractivity contribution in [2.75, 3.05) is 13.1 Å². The number of nitrogens with two attached hydrogens (primary N) is 1. The zero-order valence-electron chi connectivity index (χ0n) is 12.5. The third kappa shape index (κ3) is 2.72. The fourth-order valence-electron chi connectivity index (χ4n) is 2.95. The second kappa shape index (κ2) is 5.78. The monoisotopic (exact) mass is 282 g/mol. The van der Waals surface area contributed by atoms with Gasteiger partial charge in [0.15, 0.2) is 11.6 Å². The smallest absolute Gasteiger partial charge is 0.163 e. The number of likely N-dealkylation sites (tertiary alicyclic amines) is 1. The average Bonchev–Trinajstić information content (AvgIpc) is 2.45. The number of piperidine rings is 1. The summed E-state index contributed by atoms with van der Waals surface area (Å²) in [4.78, 5) is 2.29. The van der Waals surface area contributed by atoms with E-state index < -0.39 is 17.7 Å². The summed E-state index contributed by atoms with van der Waals surface area (Å²) in [6.45, 7) is 7.52. The summed E-state index contributed by atoms with van der Waals surface area (Å²) >= 11 is 0. The van der Waals surface area contributed by atoms with E-state index >= 15 is 0 Å². The highest BCUT2D eigenvalue weighted by Gasteiger charge is 2.36. The second-order valence-corrected chi connectivity index (χ2v) is 6.28. The lowest BCUT2D eigenvalue weighted by molar-refractivity contribution is 0.0717. The van der Waals surface area contributed by atoms with Gasteiger partial charge in [-0.1, -0.05) is 18.6 Å². The summed E-state index contributed by atoms with van der Waals surface area (Å²) in [6.07, 6.45) is 3.51. The van der Waals surface area contributed by atoms with Crippen molar-refractivity contribution < 1.29 is 8.78 Å². The number of nitrogens with zero attached hydrogens (tertiary/aromatic N) is 1. The number of rotatable bonds is 3. The first-order valence-electron chi connectivity index (χ1n) is 7.31. The van der Waals surface area contributed by atoms with E-state index in [4.69, 9.17) is 5.73 Å². The Morgan fingerprint density at radius 2 is 1.70 bits per heavy atom. The molecular weight excluding hydrogens is 258 g/mol. The van der Waals surface area contributed by atoms with Crippen molar-refractivity contribution in [3.8, 4) is 0 Å². The van der Waals surface area contributed by atoms with Crippen LogP contribution in [0.15, 0.2) is 12.1 Å². The van der Waals surface area contributed by atoms with Gasteiger partial charge in [-0.2, -0.15) is 0 Å². The van der Waals surface area contributed by atoms with Crippen LogP contribution in [0.2, 0.25) is 0 Å². The minimum atomic E-state index is -0.803. The molecular formula is C16H24F2N2. The van der Waals surface area contributed by atoms with Crippen LogP contribution in [0, 0.1) is 18.6 Å². The summed E-state index contributed by atoms with van der Waals surface area (Å²) in [6, 6.07) is 2.67. The molecule has 1 aromatic carbocycles. The zero-order chi connectivity index (χ0) is 14.9. The zero-order valence-corrected chi connectivity index (χ0v) is 12.5. The van der Waals surface area contributed by atoms with E-state index in [1.165, 1.54) is 6.42 Å². The predicted octanol–water partition coefficient (Wildman–Crippen LogP) is 3.54. The molecule has 1 unspecified atom stereocenters. The summed E-state index contributed by atoms with van der Waals surface area (Å²) in [5, 5.41) is 0. The lowest BCUT2D eigenvalue weighted by atomic mass is 9.85. The number of benzene rings is 1. The van der Waals surface area contributed by atoms with Gasteiger partial charge in [0.25, 0.3) is 0 Å². The molecule has 1 fully saturated rings. The highest BCUT2D eigenvalue weighted by atomic mass is 19.2. The maximum Gasteiger partial charge on any atom is 0.163 e. The molecule has 0 saturated carbocycles. The molecule has 20 heavy (non-hydrogen) atoms. The van der Waals surface area contributed by atoms with Gasteiger partial charge < -0.3 is 5.73 Å². The molecule has 4 heteroatoms. The molecule has 1 aliphatic rings. The molecule has 112 valence electrons. The summed E-state index contributed by atoms with van der Waals surface area (Å²) in [7, 11) is 0. The Morgan fingerprint density at radius 3 is 2.30 bits per heavy atom. The third-order valence-corrected chi connectivity index (χ3v) is 4.57. The van der Waals surface area contributed by atoms with Crippen molar-refractivity contribution in [2.45, 2.75) is 51.6 Å². The molecule has 0 aliphatic carbocycles. The maximum absolute atomic E-state index is 14.1. The van der Waals surface area contributed by atoms with Gasteiger partial charge in [-0.25, -0.2) is 8.78 Å². The molecule has 0 amide bonds. The van der Waals surface area contributed by atoms with Crippen LogP contribution in [0.5, 0.6) is 0 Å². The van der Waals surface area contributed by atoms with Crippen LogP contribution in [0.3, 0.4) is 0 Å². The third-order valence-electron chi connectivity index (χ3n) is 4.57. The van der Waals surface area contributed by atoms with E-state index in [0.29, 0.717) is 5.56 Å². The van der Waals surface area contributed by atoms with Gasteiger partial charge >= 0.3 is 0 Å². The van der Waals surface area contributed by atoms with Crippen molar-refractivity contribution in [3.63, 3.8) is 0 Å². The lowest BCUT2D eigenvalue weighted by Crippen LogP contribution is -2.53. The van der Waals surface area contributed by atoms with Gasteiger partial charge in [-0.05, 0) is 52.3 Å². The Labute approximate surface area is 120 Å². The largest absolute Gasteiger partial charge is 0.322 e. The van der Waals surface area contributed by atoms with Gasteiger partial charge in [0.1, 0.15) is 0 Å². The van der Waals surface area contributed by atoms with Gasteiger partial charge in [-0.15, -0.1) is 0 Å². The Balaban J connectivity index is 2.29. The molecule has 1 heterocycles. The van der Waals surface area contributed by atoms with Crippen LogP contribution in [0.25, 0.3) is 0 Å². The fourth-order valence-corrected chi connectivity index (χ4v) is 2.95. The van der Waals surface area contributed by atoms with Crippen LogP contribution in [0.4, 0.5) is 8.78 Å². The summed E-state index contributed by atoms with van der Waals surface area (Å²) in [5.74, 6) is -1.59. The summed E-state index contributed by atoms with van der Waals surface area (Å²) < 4.78 is 27.9. The van der Waals surface area contributed by atoms with E-state index in [9.17, 15) is 8.78 Å². The molecule has 2 nitrogen and oxygen atoms in total. The number of aryl methyl sites for hydroxylation is 1. The predicted molar refractivity (Wildman–Crippen MR) is 77.5 cm³/mol. The Hall–Kier alpha value is -1.00. The minimum Gasteiger partial charge on any atom is -0.322 e. The maximum atomic E-state index is 14.1. The molecule has 2 N–H and O–H groups in total. The van der Waals surface area contributed by atoms with Crippen molar-refractivity contribution >= 4 is 0 Å². The highest BCUT2D eigenvalue weighted by Crippen LogP contribution is 2.33. The molecule has 1 saturated heterocycles. The molecule has 2 rings (SSSR count). The molecule has 1 aliphatic heterocycles. The second-order valence-electron chi connectivity index (χ2n) is 6.28.